The third-order valence-corrected chi connectivity index (χ3v) is 4.43. The van der Waals surface area contributed by atoms with Crippen LogP contribution in [0.2, 0.25) is 0 Å². The normalized spacial score (nSPS) is 21.8. The lowest BCUT2D eigenvalue weighted by atomic mass is 9.76. The maximum atomic E-state index is 12.2. The van der Waals surface area contributed by atoms with Gasteiger partial charge in [-0.3, -0.25) is 14.9 Å². The van der Waals surface area contributed by atoms with Gasteiger partial charge in [0.15, 0.2) is 0 Å². The van der Waals surface area contributed by atoms with E-state index < -0.39 is 29.3 Å². The summed E-state index contributed by atoms with van der Waals surface area (Å²) in [6.07, 6.45) is 4.66. The molecule has 7 heteroatoms. The van der Waals surface area contributed by atoms with Crippen LogP contribution in [0.15, 0.2) is 53.3 Å². The molecule has 1 heterocycles. The molecule has 24 heavy (non-hydrogen) atoms. The van der Waals surface area contributed by atoms with Crippen molar-refractivity contribution in [2.75, 3.05) is 13.7 Å². The number of methoxy groups -OCH3 is 1. The lowest BCUT2D eigenvalue weighted by Crippen LogP contribution is -2.32. The van der Waals surface area contributed by atoms with Crippen LogP contribution in [0.1, 0.15) is 5.56 Å². The van der Waals surface area contributed by atoms with Crippen molar-refractivity contribution in [3.8, 4) is 5.75 Å². The lowest BCUT2D eigenvalue weighted by Gasteiger charge is -2.28. The molecular formula is C17H14ClNO5. The average molecular weight is 348 g/mol. The first kappa shape index (κ1) is 16.3. The van der Waals surface area contributed by atoms with E-state index in [1.807, 2.05) is 0 Å². The molecule has 1 aromatic rings. The number of allylic oxidation sites excluding steroid dienone is 3. The van der Waals surface area contributed by atoms with Crippen molar-refractivity contribution in [2.45, 2.75) is 0 Å². The molecule has 0 aromatic heterocycles. The third-order valence-electron chi connectivity index (χ3n) is 4.10. The van der Waals surface area contributed by atoms with E-state index in [1.165, 1.54) is 19.4 Å². The Kier molecular flexibility index (Phi) is 4.40. The predicted octanol–water partition coefficient (Wildman–Crippen LogP) is 3.16. The van der Waals surface area contributed by atoms with Crippen LogP contribution in [0.4, 0.5) is 0 Å². The Labute approximate surface area is 143 Å². The van der Waals surface area contributed by atoms with Gasteiger partial charge in [0.1, 0.15) is 5.75 Å². The summed E-state index contributed by atoms with van der Waals surface area (Å²) >= 11 is 6.35. The second-order valence-electron chi connectivity index (χ2n) is 5.43. The molecule has 6 nitrogen and oxygen atoms in total. The summed E-state index contributed by atoms with van der Waals surface area (Å²) in [5.74, 6) is -1.52. The fourth-order valence-electron chi connectivity index (χ4n) is 3.09. The Bertz CT molecular complexity index is 796. The Hall–Kier alpha value is -2.60. The van der Waals surface area contributed by atoms with Gasteiger partial charge < -0.3 is 9.47 Å². The zero-order valence-corrected chi connectivity index (χ0v) is 13.5. The molecule has 124 valence electrons. The maximum absolute atomic E-state index is 12.2. The van der Waals surface area contributed by atoms with Crippen molar-refractivity contribution < 1.29 is 19.2 Å². The fourth-order valence-corrected chi connectivity index (χ4v) is 3.39. The monoisotopic (exact) mass is 347 g/mol. The SMILES string of the molecule is COC(=O)[C@H]1C=C(Cl)C2=C(c3ccccc3OC=C2)[C@@H]1C[N+](=O)[O-]. The minimum absolute atomic E-state index is 0.344. The van der Waals surface area contributed by atoms with Gasteiger partial charge in [-0.2, -0.15) is 0 Å². The van der Waals surface area contributed by atoms with Crippen molar-refractivity contribution in [1.82, 2.24) is 0 Å². The number of para-hydroxylation sites is 1. The molecule has 1 aromatic carbocycles. The molecule has 2 aliphatic rings. The van der Waals surface area contributed by atoms with Gasteiger partial charge in [0.05, 0.1) is 25.2 Å². The zero-order chi connectivity index (χ0) is 17.3. The van der Waals surface area contributed by atoms with Crippen LogP contribution >= 0.6 is 11.6 Å². The first-order chi connectivity index (χ1) is 11.5. The molecule has 1 aliphatic carbocycles. The standard InChI is InChI=1S/C17H14ClNO5/c1-23-17(20)12-8-14(18)10-6-7-24-15-5-3-2-4-11(15)16(10)13(12)9-19(21)22/h2-8,12-13H,9H2,1H3/t12-,13+/m0/s1. The topological polar surface area (TPSA) is 78.7 Å². The van der Waals surface area contributed by atoms with E-state index in [-0.39, 0.29) is 0 Å². The molecule has 2 atom stereocenters. The summed E-state index contributed by atoms with van der Waals surface area (Å²) in [6, 6.07) is 7.17. The molecule has 0 spiro atoms. The Morgan fingerprint density at radius 2 is 2.17 bits per heavy atom. The molecule has 0 radical (unpaired) electrons. The molecule has 3 rings (SSSR count). The Morgan fingerprint density at radius 3 is 2.88 bits per heavy atom. The van der Waals surface area contributed by atoms with Crippen molar-refractivity contribution >= 4 is 23.1 Å². The van der Waals surface area contributed by atoms with E-state index in [1.54, 1.807) is 30.3 Å². The molecule has 0 N–H and O–H groups in total. The van der Waals surface area contributed by atoms with Crippen LogP contribution in [0, 0.1) is 22.0 Å². The second kappa shape index (κ2) is 6.49. The number of ether oxygens (including phenoxy) is 2. The van der Waals surface area contributed by atoms with Gasteiger partial charge in [-0.1, -0.05) is 35.9 Å². The number of esters is 1. The first-order valence-corrected chi connectivity index (χ1v) is 7.64. The molecule has 0 saturated carbocycles. The largest absolute Gasteiger partial charge is 0.469 e. The number of halogens is 1. The average Bonchev–Trinajstić information content (AvgIpc) is 2.76. The summed E-state index contributed by atoms with van der Waals surface area (Å²) in [5.41, 5.74) is 1.93. The molecular weight excluding hydrogens is 334 g/mol. The van der Waals surface area contributed by atoms with Crippen LogP contribution in [0.25, 0.3) is 5.57 Å². The van der Waals surface area contributed by atoms with Gasteiger partial charge in [0.25, 0.3) is 0 Å². The number of nitro groups is 1. The number of hydrogen-bond acceptors (Lipinski definition) is 5. The van der Waals surface area contributed by atoms with Crippen LogP contribution in [0.5, 0.6) is 5.75 Å². The highest BCUT2D eigenvalue weighted by Crippen LogP contribution is 2.46. The second-order valence-corrected chi connectivity index (χ2v) is 5.84. The van der Waals surface area contributed by atoms with E-state index in [9.17, 15) is 14.9 Å². The lowest BCUT2D eigenvalue weighted by molar-refractivity contribution is -0.486. The van der Waals surface area contributed by atoms with Gasteiger partial charge in [-0.15, -0.1) is 0 Å². The number of carbonyl (C=O) groups excluding carboxylic acids is 1. The minimum Gasteiger partial charge on any atom is -0.469 e. The summed E-state index contributed by atoms with van der Waals surface area (Å²) in [7, 11) is 1.25. The van der Waals surface area contributed by atoms with Gasteiger partial charge in [0.2, 0.25) is 6.54 Å². The van der Waals surface area contributed by atoms with E-state index in [0.717, 1.165) is 0 Å². The molecule has 1 aliphatic heterocycles. The number of rotatable bonds is 3. The Balaban J connectivity index is 2.22. The molecule has 0 saturated heterocycles. The van der Waals surface area contributed by atoms with Crippen molar-refractivity contribution in [1.29, 1.82) is 0 Å². The number of fused-ring (bicyclic) bond motifs is 2. The van der Waals surface area contributed by atoms with Crippen molar-refractivity contribution in [2.24, 2.45) is 11.8 Å². The highest BCUT2D eigenvalue weighted by molar-refractivity contribution is 6.33. The van der Waals surface area contributed by atoms with E-state index in [4.69, 9.17) is 21.1 Å². The van der Waals surface area contributed by atoms with Crippen LogP contribution < -0.4 is 4.74 Å². The van der Waals surface area contributed by atoms with Gasteiger partial charge >= 0.3 is 5.97 Å². The van der Waals surface area contributed by atoms with Gasteiger partial charge in [-0.05, 0) is 17.7 Å². The first-order valence-electron chi connectivity index (χ1n) is 7.27. The number of benzene rings is 1. The Morgan fingerprint density at radius 1 is 1.42 bits per heavy atom. The maximum Gasteiger partial charge on any atom is 0.313 e. The molecule has 0 unspecified atom stereocenters. The molecule has 0 bridgehead atoms. The van der Waals surface area contributed by atoms with Crippen LogP contribution in [-0.2, 0) is 9.53 Å². The fraction of sp³-hybridized carbons (Fsp3) is 0.235. The van der Waals surface area contributed by atoms with E-state index in [2.05, 4.69) is 0 Å². The minimum atomic E-state index is -0.828. The van der Waals surface area contributed by atoms with Crippen molar-refractivity contribution in [3.05, 3.63) is 69.0 Å². The van der Waals surface area contributed by atoms with Crippen molar-refractivity contribution in [3.63, 3.8) is 0 Å². The number of carbonyl (C=O) groups is 1. The summed E-state index contributed by atoms with van der Waals surface area (Å²) in [5, 5.41) is 11.5. The number of hydrogen-bond donors (Lipinski definition) is 0. The van der Waals surface area contributed by atoms with Gasteiger partial charge in [0, 0.05) is 21.1 Å². The molecule has 0 fully saturated rings. The zero-order valence-electron chi connectivity index (χ0n) is 12.8. The van der Waals surface area contributed by atoms with Crippen LogP contribution in [0.3, 0.4) is 0 Å². The van der Waals surface area contributed by atoms with Crippen LogP contribution in [-0.4, -0.2) is 24.5 Å². The third kappa shape index (κ3) is 2.80. The smallest absolute Gasteiger partial charge is 0.313 e. The summed E-state index contributed by atoms with van der Waals surface area (Å²) in [6.45, 7) is -0.415. The van der Waals surface area contributed by atoms with Gasteiger partial charge in [-0.25, -0.2) is 0 Å². The highest BCUT2D eigenvalue weighted by atomic mass is 35.5. The van der Waals surface area contributed by atoms with E-state index >= 15 is 0 Å². The predicted molar refractivity (Wildman–Crippen MR) is 87.9 cm³/mol. The quantitative estimate of drug-likeness (QED) is 0.476. The summed E-state index contributed by atoms with van der Waals surface area (Å²) in [4.78, 5) is 22.9. The summed E-state index contributed by atoms with van der Waals surface area (Å²) < 4.78 is 10.4. The van der Waals surface area contributed by atoms with E-state index in [0.29, 0.717) is 27.5 Å². The highest BCUT2D eigenvalue weighted by Gasteiger charge is 2.40. The number of nitrogens with zero attached hydrogens (tertiary/aromatic N) is 1. The molecule has 0 amide bonds.